The summed E-state index contributed by atoms with van der Waals surface area (Å²) in [5, 5.41) is 0. The summed E-state index contributed by atoms with van der Waals surface area (Å²) in [6, 6.07) is 6.34. The predicted octanol–water partition coefficient (Wildman–Crippen LogP) is 2.08. The van der Waals surface area contributed by atoms with E-state index in [0.717, 1.165) is 18.4 Å². The number of carbonyl (C=O) groups is 1. The van der Waals surface area contributed by atoms with E-state index in [1.165, 1.54) is 11.1 Å². The Bertz CT molecular complexity index is 388. The van der Waals surface area contributed by atoms with Gasteiger partial charge in [0.15, 0.2) is 0 Å². The third-order valence-electron chi connectivity index (χ3n) is 3.10. The van der Waals surface area contributed by atoms with Gasteiger partial charge < -0.3 is 11.5 Å². The molecule has 0 aliphatic heterocycles. The van der Waals surface area contributed by atoms with Gasteiger partial charge in [0.1, 0.15) is 0 Å². The highest BCUT2D eigenvalue weighted by Gasteiger charge is 2.11. The van der Waals surface area contributed by atoms with Gasteiger partial charge in [0.25, 0.3) is 0 Å². The van der Waals surface area contributed by atoms with E-state index >= 15 is 0 Å². The fourth-order valence-corrected chi connectivity index (χ4v) is 1.98. The van der Waals surface area contributed by atoms with Gasteiger partial charge in [0, 0.05) is 12.5 Å². The summed E-state index contributed by atoms with van der Waals surface area (Å²) in [4.78, 5) is 10.8. The molecule has 0 heterocycles. The molecule has 0 saturated heterocycles. The summed E-state index contributed by atoms with van der Waals surface area (Å²) in [5.41, 5.74) is 15.0. The third kappa shape index (κ3) is 3.86. The second kappa shape index (κ2) is 6.40. The van der Waals surface area contributed by atoms with Crippen LogP contribution >= 0.6 is 0 Å². The van der Waals surface area contributed by atoms with Gasteiger partial charge in [-0.25, -0.2) is 0 Å². The van der Waals surface area contributed by atoms with Crippen LogP contribution in [0.1, 0.15) is 49.4 Å². The molecule has 1 rings (SSSR count). The Morgan fingerprint density at radius 2 is 2.00 bits per heavy atom. The van der Waals surface area contributed by atoms with E-state index in [1.54, 1.807) is 0 Å². The van der Waals surface area contributed by atoms with Crippen LogP contribution < -0.4 is 11.5 Å². The number of nitrogens with two attached hydrogens (primary N) is 2. The molecule has 17 heavy (non-hydrogen) atoms. The van der Waals surface area contributed by atoms with Crippen LogP contribution in [0.5, 0.6) is 0 Å². The van der Waals surface area contributed by atoms with Gasteiger partial charge in [-0.3, -0.25) is 4.79 Å². The first-order chi connectivity index (χ1) is 8.08. The van der Waals surface area contributed by atoms with E-state index in [1.807, 2.05) is 0 Å². The van der Waals surface area contributed by atoms with Crippen molar-refractivity contribution in [1.82, 2.24) is 0 Å². The molecule has 4 N–H and O–H groups in total. The van der Waals surface area contributed by atoms with Crippen molar-refractivity contribution in [3.05, 3.63) is 34.9 Å². The van der Waals surface area contributed by atoms with Crippen molar-refractivity contribution >= 4 is 5.91 Å². The Morgan fingerprint density at radius 3 is 2.53 bits per heavy atom. The van der Waals surface area contributed by atoms with Crippen LogP contribution in [0.3, 0.4) is 0 Å². The molecule has 0 bridgehead atoms. The first kappa shape index (κ1) is 13.7. The number of hydrogen-bond donors (Lipinski definition) is 2. The molecule has 0 aliphatic rings. The number of amides is 1. The standard InChI is InChI=1S/C14H22N2O/c1-3-10-5-6-11(4-2)12(9-10)13(15)7-8-14(16)17/h5-6,9,13H,3-4,7-8,15H2,1-2H3,(H2,16,17). The lowest BCUT2D eigenvalue weighted by Crippen LogP contribution is -2.17. The molecule has 3 nitrogen and oxygen atoms in total. The minimum atomic E-state index is -0.287. The molecule has 0 aliphatic carbocycles. The predicted molar refractivity (Wildman–Crippen MR) is 70.6 cm³/mol. The molecule has 1 aromatic rings. The second-order valence-electron chi connectivity index (χ2n) is 4.35. The van der Waals surface area contributed by atoms with Gasteiger partial charge in [0.2, 0.25) is 5.91 Å². The molecule has 1 unspecified atom stereocenters. The first-order valence-corrected chi connectivity index (χ1v) is 6.24. The molecule has 0 aromatic heterocycles. The number of benzene rings is 1. The Kier molecular flexibility index (Phi) is 5.16. The molecular formula is C14H22N2O. The van der Waals surface area contributed by atoms with Crippen LogP contribution in [0.2, 0.25) is 0 Å². The van der Waals surface area contributed by atoms with Crippen LogP contribution in [0, 0.1) is 0 Å². The van der Waals surface area contributed by atoms with Gasteiger partial charge in [-0.15, -0.1) is 0 Å². The summed E-state index contributed by atoms with van der Waals surface area (Å²) in [7, 11) is 0. The zero-order chi connectivity index (χ0) is 12.8. The van der Waals surface area contributed by atoms with Crippen LogP contribution in [0.4, 0.5) is 0 Å². The Morgan fingerprint density at radius 1 is 1.29 bits per heavy atom. The zero-order valence-electron chi connectivity index (χ0n) is 10.7. The second-order valence-corrected chi connectivity index (χ2v) is 4.35. The molecule has 1 amide bonds. The summed E-state index contributed by atoms with van der Waals surface area (Å²) < 4.78 is 0. The van der Waals surface area contributed by atoms with E-state index < -0.39 is 0 Å². The molecule has 94 valence electrons. The molecular weight excluding hydrogens is 212 g/mol. The Hall–Kier alpha value is -1.35. The van der Waals surface area contributed by atoms with Crippen molar-refractivity contribution in [2.24, 2.45) is 11.5 Å². The van der Waals surface area contributed by atoms with Crippen LogP contribution in [0.25, 0.3) is 0 Å². The summed E-state index contributed by atoms with van der Waals surface area (Å²) in [6.45, 7) is 4.24. The van der Waals surface area contributed by atoms with E-state index in [-0.39, 0.29) is 11.9 Å². The lowest BCUT2D eigenvalue weighted by atomic mass is 9.93. The maximum atomic E-state index is 10.8. The molecule has 0 fully saturated rings. The third-order valence-corrected chi connectivity index (χ3v) is 3.10. The average Bonchev–Trinajstić information content (AvgIpc) is 2.34. The highest BCUT2D eigenvalue weighted by molar-refractivity contribution is 5.73. The number of rotatable bonds is 6. The van der Waals surface area contributed by atoms with Gasteiger partial charge in [-0.2, -0.15) is 0 Å². The van der Waals surface area contributed by atoms with Crippen LogP contribution in [-0.2, 0) is 17.6 Å². The first-order valence-electron chi connectivity index (χ1n) is 6.24. The quantitative estimate of drug-likeness (QED) is 0.791. The van der Waals surface area contributed by atoms with Crippen molar-refractivity contribution in [3.63, 3.8) is 0 Å². The van der Waals surface area contributed by atoms with Crippen molar-refractivity contribution in [3.8, 4) is 0 Å². The van der Waals surface area contributed by atoms with Crippen molar-refractivity contribution < 1.29 is 4.79 Å². The Labute approximate surface area is 103 Å². The summed E-state index contributed by atoms with van der Waals surface area (Å²) in [5.74, 6) is -0.287. The lowest BCUT2D eigenvalue weighted by Gasteiger charge is -2.16. The maximum Gasteiger partial charge on any atom is 0.217 e. The van der Waals surface area contributed by atoms with Crippen molar-refractivity contribution in [2.45, 2.75) is 45.6 Å². The maximum absolute atomic E-state index is 10.8. The smallest absolute Gasteiger partial charge is 0.217 e. The zero-order valence-corrected chi connectivity index (χ0v) is 10.7. The summed E-state index contributed by atoms with van der Waals surface area (Å²) in [6.07, 6.45) is 2.93. The summed E-state index contributed by atoms with van der Waals surface area (Å²) >= 11 is 0. The number of aryl methyl sites for hydroxylation is 2. The van der Waals surface area contributed by atoms with Crippen molar-refractivity contribution in [2.75, 3.05) is 0 Å². The van der Waals surface area contributed by atoms with Gasteiger partial charge in [-0.05, 0) is 36.0 Å². The van der Waals surface area contributed by atoms with E-state index in [0.29, 0.717) is 12.8 Å². The highest BCUT2D eigenvalue weighted by Crippen LogP contribution is 2.22. The number of hydrogen-bond acceptors (Lipinski definition) is 2. The fourth-order valence-electron chi connectivity index (χ4n) is 1.98. The minimum absolute atomic E-state index is 0.0936. The van der Waals surface area contributed by atoms with Crippen LogP contribution in [-0.4, -0.2) is 5.91 Å². The molecule has 0 spiro atoms. The lowest BCUT2D eigenvalue weighted by molar-refractivity contribution is -0.118. The molecule has 1 aromatic carbocycles. The fraction of sp³-hybridized carbons (Fsp3) is 0.500. The van der Waals surface area contributed by atoms with Gasteiger partial charge >= 0.3 is 0 Å². The average molecular weight is 234 g/mol. The molecule has 0 radical (unpaired) electrons. The Balaban J connectivity index is 2.88. The van der Waals surface area contributed by atoms with E-state index in [9.17, 15) is 4.79 Å². The SMILES string of the molecule is CCc1ccc(CC)c(C(N)CCC(N)=O)c1. The molecule has 3 heteroatoms. The highest BCUT2D eigenvalue weighted by atomic mass is 16.1. The largest absolute Gasteiger partial charge is 0.370 e. The normalized spacial score (nSPS) is 12.4. The molecule has 0 saturated carbocycles. The van der Waals surface area contributed by atoms with Crippen LogP contribution in [0.15, 0.2) is 18.2 Å². The van der Waals surface area contributed by atoms with E-state index in [4.69, 9.17) is 11.5 Å². The minimum Gasteiger partial charge on any atom is -0.370 e. The van der Waals surface area contributed by atoms with Gasteiger partial charge in [-0.1, -0.05) is 32.0 Å². The molecule has 1 atom stereocenters. The van der Waals surface area contributed by atoms with E-state index in [2.05, 4.69) is 32.0 Å². The number of primary amides is 1. The van der Waals surface area contributed by atoms with Gasteiger partial charge in [0.05, 0.1) is 0 Å². The topological polar surface area (TPSA) is 69.1 Å². The van der Waals surface area contributed by atoms with Crippen molar-refractivity contribution in [1.29, 1.82) is 0 Å². The monoisotopic (exact) mass is 234 g/mol. The number of carbonyl (C=O) groups excluding carboxylic acids is 1.